The molecule has 5 aliphatic carbocycles. The first-order chi connectivity index (χ1) is 18.4. The van der Waals surface area contributed by atoms with E-state index >= 15 is 0 Å². The number of carboxylic acid groups (broad SMARTS) is 1. The number of aliphatic carboxylic acids is 1. The van der Waals surface area contributed by atoms with Crippen molar-refractivity contribution >= 4 is 11.9 Å². The van der Waals surface area contributed by atoms with Crippen molar-refractivity contribution in [2.75, 3.05) is 0 Å². The molecule has 5 rings (SSSR count). The Kier molecular flexibility index (Phi) is 6.86. The lowest BCUT2D eigenvalue weighted by Gasteiger charge is -2.71. The van der Waals surface area contributed by atoms with Gasteiger partial charge in [0.2, 0.25) is 0 Å². The number of hydrogen-bond acceptors (Lipinski definition) is 4. The lowest BCUT2D eigenvalue weighted by molar-refractivity contribution is -0.215. The van der Waals surface area contributed by atoms with Crippen molar-refractivity contribution in [3.05, 3.63) is 23.3 Å². The third-order valence-electron chi connectivity index (χ3n) is 14.0. The number of esters is 1. The van der Waals surface area contributed by atoms with Gasteiger partial charge in [0.15, 0.2) is 0 Å². The molecule has 0 heterocycles. The fourth-order valence-corrected chi connectivity index (χ4v) is 11.3. The quantitative estimate of drug-likeness (QED) is 0.212. The number of carbonyl (C=O) groups excluding carboxylic acids is 1. The largest absolute Gasteiger partial charge is 0.481 e. The van der Waals surface area contributed by atoms with Crippen LogP contribution in [0.5, 0.6) is 0 Å². The van der Waals surface area contributed by atoms with Crippen molar-refractivity contribution in [1.29, 1.82) is 0 Å². The zero-order chi connectivity index (χ0) is 29.7. The van der Waals surface area contributed by atoms with E-state index in [1.807, 2.05) is 6.92 Å². The minimum absolute atomic E-state index is 0.0562. The van der Waals surface area contributed by atoms with Gasteiger partial charge in [0.25, 0.3) is 0 Å². The second-order valence-corrected chi connectivity index (χ2v) is 16.5. The average molecular weight is 555 g/mol. The van der Waals surface area contributed by atoms with Crippen molar-refractivity contribution in [3.63, 3.8) is 0 Å². The number of fused-ring (bicyclic) bond motifs is 7. The van der Waals surface area contributed by atoms with E-state index in [0.717, 1.165) is 44.9 Å². The third-order valence-corrected chi connectivity index (χ3v) is 14.0. The Morgan fingerprint density at radius 1 is 0.950 bits per heavy atom. The molecule has 9 atom stereocenters. The molecule has 0 spiro atoms. The summed E-state index contributed by atoms with van der Waals surface area (Å²) in [6.45, 7) is 20.0. The number of carboxylic acids is 1. The zero-order valence-corrected chi connectivity index (χ0v) is 26.5. The number of hydrogen-bond donors (Lipinski definition) is 2. The molecular formula is C35H54O5. The van der Waals surface area contributed by atoms with Gasteiger partial charge in [0.1, 0.15) is 11.5 Å². The van der Waals surface area contributed by atoms with Crippen molar-refractivity contribution < 1.29 is 24.5 Å². The monoisotopic (exact) mass is 554 g/mol. The maximum absolute atomic E-state index is 13.4. The van der Waals surface area contributed by atoms with Gasteiger partial charge in [0, 0.05) is 11.5 Å². The van der Waals surface area contributed by atoms with Crippen LogP contribution in [0.1, 0.15) is 120 Å². The van der Waals surface area contributed by atoms with Crippen LogP contribution >= 0.6 is 0 Å². The predicted molar refractivity (Wildman–Crippen MR) is 157 cm³/mol. The molecule has 0 aromatic rings. The summed E-state index contributed by atoms with van der Waals surface area (Å²) in [6.07, 6.45) is 11.1. The summed E-state index contributed by atoms with van der Waals surface area (Å²) in [4.78, 5) is 26.4. The van der Waals surface area contributed by atoms with Gasteiger partial charge in [-0.15, -0.1) is 0 Å². The minimum Gasteiger partial charge on any atom is -0.481 e. The van der Waals surface area contributed by atoms with Crippen LogP contribution < -0.4 is 0 Å². The highest BCUT2D eigenvalue weighted by Gasteiger charge is 2.71. The van der Waals surface area contributed by atoms with Crippen LogP contribution in [0, 0.1) is 50.2 Å². The molecule has 0 aromatic heterocycles. The molecule has 4 fully saturated rings. The molecule has 224 valence electrons. The van der Waals surface area contributed by atoms with Gasteiger partial charge in [0.05, 0.1) is 6.10 Å². The Labute approximate surface area is 242 Å². The van der Waals surface area contributed by atoms with E-state index in [1.165, 1.54) is 5.57 Å². The number of aliphatic hydroxyl groups excluding tert-OH is 1. The molecule has 0 radical (unpaired) electrons. The first-order valence-electron chi connectivity index (χ1n) is 15.9. The highest BCUT2D eigenvalue weighted by Crippen LogP contribution is 2.75. The lowest BCUT2D eigenvalue weighted by atomic mass is 9.33. The number of carbonyl (C=O) groups is 2. The standard InChI is InChI=1S/C35H54O5/c1-10-21(2)28(37)40-27-20-30(3,4)19-23-22-11-12-25-32(7)15-14-26(36)31(5,6)24(32)13-16-34(25,9)33(22,8)17-18-35(23,27)29(38)39/h10-11,23-27,36H,12-20H2,1-9H3,(H,38,39)/b21-10-/t23?,24?,25?,26?,27-,32+,33-,34-,35+/m1/s1. The highest BCUT2D eigenvalue weighted by molar-refractivity contribution is 5.88. The zero-order valence-electron chi connectivity index (χ0n) is 26.5. The molecule has 5 nitrogen and oxygen atoms in total. The Bertz CT molecular complexity index is 1150. The predicted octanol–water partition coefficient (Wildman–Crippen LogP) is 7.72. The first-order valence-corrected chi connectivity index (χ1v) is 15.9. The van der Waals surface area contributed by atoms with Crippen LogP contribution in [0.2, 0.25) is 0 Å². The normalized spacial score (nSPS) is 47.5. The van der Waals surface area contributed by atoms with E-state index in [1.54, 1.807) is 13.0 Å². The SMILES string of the molecule is C/C=C(/C)C(=O)O[C@@H]1CC(C)(C)CC2C3=CCC4[C@@]5(C)CCC(O)C(C)(C)C5CC[C@@]4(C)[C@]3(C)CC[C@]21C(=O)O. The number of rotatable bonds is 3. The fourth-order valence-electron chi connectivity index (χ4n) is 11.3. The maximum Gasteiger partial charge on any atom is 0.333 e. The fraction of sp³-hybridized carbons (Fsp3) is 0.829. The van der Waals surface area contributed by atoms with Crippen LogP contribution in [0.25, 0.3) is 0 Å². The van der Waals surface area contributed by atoms with Crippen molar-refractivity contribution in [1.82, 2.24) is 0 Å². The van der Waals surface area contributed by atoms with Crippen LogP contribution in [-0.4, -0.2) is 34.4 Å². The molecule has 5 heteroatoms. The first kappa shape index (κ1) is 29.9. The number of aliphatic hydroxyl groups is 1. The van der Waals surface area contributed by atoms with Gasteiger partial charge < -0.3 is 14.9 Å². The molecule has 4 saturated carbocycles. The van der Waals surface area contributed by atoms with E-state index in [4.69, 9.17) is 4.74 Å². The van der Waals surface area contributed by atoms with Gasteiger partial charge in [-0.25, -0.2) is 4.79 Å². The van der Waals surface area contributed by atoms with Gasteiger partial charge in [-0.2, -0.15) is 0 Å². The summed E-state index contributed by atoms with van der Waals surface area (Å²) in [5.41, 5.74) is 0.632. The van der Waals surface area contributed by atoms with Crippen molar-refractivity contribution in [2.24, 2.45) is 50.2 Å². The summed E-state index contributed by atoms with van der Waals surface area (Å²) in [5, 5.41) is 21.9. The van der Waals surface area contributed by atoms with E-state index in [0.29, 0.717) is 30.3 Å². The molecule has 0 saturated heterocycles. The van der Waals surface area contributed by atoms with Crippen LogP contribution in [0.15, 0.2) is 23.3 Å². The Morgan fingerprint density at radius 3 is 2.25 bits per heavy atom. The van der Waals surface area contributed by atoms with Gasteiger partial charge in [-0.1, -0.05) is 66.2 Å². The summed E-state index contributed by atoms with van der Waals surface area (Å²) >= 11 is 0. The Balaban J connectivity index is 1.60. The Morgan fingerprint density at radius 2 is 1.62 bits per heavy atom. The van der Waals surface area contributed by atoms with Crippen molar-refractivity contribution in [2.45, 2.75) is 132 Å². The summed E-state index contributed by atoms with van der Waals surface area (Å²) in [6, 6.07) is 0. The molecule has 4 unspecified atom stereocenters. The molecular weight excluding hydrogens is 500 g/mol. The van der Waals surface area contributed by atoms with E-state index in [-0.39, 0.29) is 39.1 Å². The highest BCUT2D eigenvalue weighted by atomic mass is 16.5. The second kappa shape index (κ2) is 9.19. The molecule has 0 bridgehead atoms. The maximum atomic E-state index is 13.4. The van der Waals surface area contributed by atoms with Gasteiger partial charge in [-0.05, 0) is 111 Å². The third kappa shape index (κ3) is 3.81. The second-order valence-electron chi connectivity index (χ2n) is 16.5. The van der Waals surface area contributed by atoms with Crippen molar-refractivity contribution in [3.8, 4) is 0 Å². The summed E-state index contributed by atoms with van der Waals surface area (Å²) in [5.74, 6) is -0.369. The van der Waals surface area contributed by atoms with E-state index in [2.05, 4.69) is 54.5 Å². The van der Waals surface area contributed by atoms with Crippen LogP contribution in [0.3, 0.4) is 0 Å². The molecule has 2 N–H and O–H groups in total. The van der Waals surface area contributed by atoms with Crippen LogP contribution in [0.4, 0.5) is 0 Å². The molecule has 40 heavy (non-hydrogen) atoms. The smallest absolute Gasteiger partial charge is 0.333 e. The number of allylic oxidation sites excluding steroid dienone is 3. The van der Waals surface area contributed by atoms with Crippen LogP contribution in [-0.2, 0) is 14.3 Å². The van der Waals surface area contributed by atoms with E-state index < -0.39 is 23.5 Å². The molecule has 0 aromatic carbocycles. The summed E-state index contributed by atoms with van der Waals surface area (Å²) < 4.78 is 6.14. The lowest BCUT2D eigenvalue weighted by Crippen LogP contribution is -2.66. The average Bonchev–Trinajstić information content (AvgIpc) is 2.85. The Hall–Kier alpha value is -1.62. The molecule has 0 aliphatic heterocycles. The molecule has 5 aliphatic rings. The topological polar surface area (TPSA) is 83.8 Å². The molecule has 0 amide bonds. The minimum atomic E-state index is -1.09. The summed E-state index contributed by atoms with van der Waals surface area (Å²) in [7, 11) is 0. The van der Waals surface area contributed by atoms with Gasteiger partial charge >= 0.3 is 11.9 Å². The number of ether oxygens (including phenoxy) is 1. The van der Waals surface area contributed by atoms with E-state index in [9.17, 15) is 19.8 Å². The van der Waals surface area contributed by atoms with Gasteiger partial charge in [-0.3, -0.25) is 4.79 Å².